The molecule has 0 rings (SSSR count). The molecule has 0 aromatic carbocycles. The zero-order valence-corrected chi connectivity index (χ0v) is 12.8. The quantitative estimate of drug-likeness (QED) is 0.434. The lowest BCUT2D eigenvalue weighted by Crippen LogP contribution is -2.25. The molecule has 0 atom stereocenters. The Bertz CT molecular complexity index is 126. The number of hydrogen-bond donors (Lipinski definition) is 0. The molecule has 0 fully saturated rings. The van der Waals surface area contributed by atoms with Gasteiger partial charge in [-0.15, -0.1) is 0 Å². The maximum atomic E-state index is 3.40. The van der Waals surface area contributed by atoms with E-state index in [1.165, 1.54) is 0 Å². The Morgan fingerprint density at radius 3 is 0.812 bits per heavy atom. The molecular weight excluding hydrogens is 223 g/mol. The smallest absolute Gasteiger partial charge is 0.282 e. The van der Waals surface area contributed by atoms with Crippen LogP contribution in [0.2, 0.25) is 0 Å². The van der Waals surface area contributed by atoms with E-state index in [9.17, 15) is 0 Å². The summed E-state index contributed by atoms with van der Waals surface area (Å²) in [4.78, 5) is 0. The van der Waals surface area contributed by atoms with Crippen molar-refractivity contribution < 1.29 is 12.5 Å². The molecule has 3 nitrogen and oxygen atoms in total. The normalized spacial score (nSPS) is 12.4. The van der Waals surface area contributed by atoms with Gasteiger partial charge in [-0.05, 0) is 0 Å². The fraction of sp³-hybridized carbons (Fsp3) is 1.00. The van der Waals surface area contributed by atoms with Crippen molar-refractivity contribution >= 4 is 8.60 Å². The van der Waals surface area contributed by atoms with Gasteiger partial charge in [0.25, 0.3) is 0 Å². The third-order valence-electron chi connectivity index (χ3n) is 2.63. The van der Waals surface area contributed by atoms with E-state index in [1.54, 1.807) is 0 Å². The van der Waals surface area contributed by atoms with Gasteiger partial charge in [0.2, 0.25) is 0 Å². The van der Waals surface area contributed by atoms with Crippen LogP contribution in [0.15, 0.2) is 0 Å². The summed E-state index contributed by atoms with van der Waals surface area (Å²) in [6.45, 7) is 19.4. The molecule has 4 heteroatoms. The summed E-state index contributed by atoms with van der Waals surface area (Å²) >= 11 is 0. The second kappa shape index (κ2) is 9.35. The Morgan fingerprint density at radius 1 is 0.500 bits per heavy atom. The second-order valence-corrected chi connectivity index (χ2v) is 5.34. The Labute approximate surface area is 103 Å². The SMILES string of the molecule is CC[O+](CC)P([O+](CC)CC)[O+](CC)CC. The van der Waals surface area contributed by atoms with Gasteiger partial charge in [0.15, 0.2) is 39.6 Å². The van der Waals surface area contributed by atoms with Crippen molar-refractivity contribution in [3.8, 4) is 0 Å². The lowest BCUT2D eigenvalue weighted by Gasteiger charge is -2.25. The van der Waals surface area contributed by atoms with Gasteiger partial charge >= 0.3 is 8.60 Å². The van der Waals surface area contributed by atoms with Crippen LogP contribution in [0.3, 0.4) is 0 Å². The predicted molar refractivity (Wildman–Crippen MR) is 73.4 cm³/mol. The van der Waals surface area contributed by atoms with E-state index in [1.807, 2.05) is 0 Å². The van der Waals surface area contributed by atoms with Crippen molar-refractivity contribution in [3.05, 3.63) is 0 Å². The van der Waals surface area contributed by atoms with Crippen molar-refractivity contribution in [2.24, 2.45) is 0 Å². The first-order chi connectivity index (χ1) is 7.69. The molecule has 0 saturated heterocycles. The Morgan fingerprint density at radius 2 is 0.688 bits per heavy atom. The van der Waals surface area contributed by atoms with Crippen LogP contribution in [0.25, 0.3) is 0 Å². The van der Waals surface area contributed by atoms with Gasteiger partial charge in [-0.2, -0.15) is 0 Å². The van der Waals surface area contributed by atoms with Gasteiger partial charge in [-0.3, -0.25) is 12.5 Å². The minimum atomic E-state index is -0.502. The molecule has 0 amide bonds. The first-order valence-corrected chi connectivity index (χ1v) is 7.62. The largest absolute Gasteiger partial charge is 0.921 e. The van der Waals surface area contributed by atoms with E-state index in [0.717, 1.165) is 39.6 Å². The maximum absolute atomic E-state index is 3.40. The zero-order chi connectivity index (χ0) is 12.6. The van der Waals surface area contributed by atoms with Gasteiger partial charge in [0, 0.05) is 41.5 Å². The summed E-state index contributed by atoms with van der Waals surface area (Å²) in [5.41, 5.74) is 0. The lowest BCUT2D eigenvalue weighted by atomic mass is 10.8. The average Bonchev–Trinajstić information content (AvgIpc) is 2.33. The molecule has 0 heterocycles. The van der Waals surface area contributed by atoms with E-state index in [4.69, 9.17) is 0 Å². The van der Waals surface area contributed by atoms with Crippen LogP contribution in [0.4, 0.5) is 0 Å². The molecule has 0 unspecified atom stereocenters. The third-order valence-corrected chi connectivity index (χ3v) is 5.45. The van der Waals surface area contributed by atoms with Crippen LogP contribution in [0.5, 0.6) is 0 Å². The highest BCUT2D eigenvalue weighted by Crippen LogP contribution is 2.56. The highest BCUT2D eigenvalue weighted by atomic mass is 31.2. The van der Waals surface area contributed by atoms with Crippen LogP contribution in [0, 0.1) is 0 Å². The second-order valence-electron chi connectivity index (χ2n) is 3.34. The van der Waals surface area contributed by atoms with Crippen LogP contribution in [0.1, 0.15) is 41.5 Å². The van der Waals surface area contributed by atoms with E-state index >= 15 is 0 Å². The fourth-order valence-corrected chi connectivity index (χ4v) is 3.85. The summed E-state index contributed by atoms with van der Waals surface area (Å²) in [6, 6.07) is 0. The number of rotatable bonds is 9. The molecule has 0 spiro atoms. The highest BCUT2D eigenvalue weighted by Gasteiger charge is 2.56. The molecule has 0 saturated carbocycles. The molecule has 98 valence electrons. The molecule has 0 aliphatic heterocycles. The van der Waals surface area contributed by atoms with Crippen LogP contribution in [-0.2, 0) is 12.5 Å². The van der Waals surface area contributed by atoms with Crippen LogP contribution < -0.4 is 0 Å². The minimum Gasteiger partial charge on any atom is -0.282 e. The number of hydrogen-bond acceptors (Lipinski definition) is 0. The van der Waals surface area contributed by atoms with Crippen molar-refractivity contribution in [1.82, 2.24) is 0 Å². The molecule has 16 heavy (non-hydrogen) atoms. The van der Waals surface area contributed by atoms with Gasteiger partial charge < -0.3 is 0 Å². The van der Waals surface area contributed by atoms with Crippen molar-refractivity contribution in [1.29, 1.82) is 0 Å². The van der Waals surface area contributed by atoms with Crippen molar-refractivity contribution in [2.75, 3.05) is 39.6 Å². The Hall–Kier alpha value is 0.310. The summed E-state index contributed by atoms with van der Waals surface area (Å²) in [5.74, 6) is 0. The van der Waals surface area contributed by atoms with Gasteiger partial charge in [0.1, 0.15) is 0 Å². The van der Waals surface area contributed by atoms with Crippen LogP contribution in [-0.4, -0.2) is 39.6 Å². The van der Waals surface area contributed by atoms with Crippen LogP contribution >= 0.6 is 8.60 Å². The topological polar surface area (TPSA) is 8.10 Å². The standard InChI is InChI=1S/C12H30O3P/c1-7-13(8-2)16(14(9-3)10-4)15(11-5)12-6/h7-12H2,1-6H3/q+3. The highest BCUT2D eigenvalue weighted by molar-refractivity contribution is 7.43. The molecule has 0 aliphatic carbocycles. The summed E-state index contributed by atoms with van der Waals surface area (Å²) in [6.07, 6.45) is 0. The van der Waals surface area contributed by atoms with E-state index in [-0.39, 0.29) is 0 Å². The Kier molecular flexibility index (Phi) is 9.53. The average molecular weight is 253 g/mol. The molecule has 0 radical (unpaired) electrons. The monoisotopic (exact) mass is 253 g/mol. The van der Waals surface area contributed by atoms with Gasteiger partial charge in [0.05, 0.1) is 0 Å². The molecule has 0 N–H and O–H groups in total. The molecule has 0 aliphatic rings. The van der Waals surface area contributed by atoms with E-state index in [2.05, 4.69) is 54.0 Å². The first kappa shape index (κ1) is 16.3. The molecule has 0 aromatic heterocycles. The zero-order valence-electron chi connectivity index (χ0n) is 11.9. The predicted octanol–water partition coefficient (Wildman–Crippen LogP) is 3.99. The minimum absolute atomic E-state index is 0.502. The maximum Gasteiger partial charge on any atom is 0.921 e. The van der Waals surface area contributed by atoms with E-state index < -0.39 is 8.60 Å². The van der Waals surface area contributed by atoms with Crippen molar-refractivity contribution in [3.63, 3.8) is 0 Å². The third kappa shape index (κ3) is 4.29. The summed E-state index contributed by atoms with van der Waals surface area (Å²) < 4.78 is 10.2. The molecular formula is C12H30O3P+3. The first-order valence-electron chi connectivity index (χ1n) is 6.52. The van der Waals surface area contributed by atoms with Gasteiger partial charge in [-0.25, -0.2) is 0 Å². The summed E-state index contributed by atoms with van der Waals surface area (Å²) in [5, 5.41) is 0. The Balaban J connectivity index is 4.84. The van der Waals surface area contributed by atoms with Gasteiger partial charge in [-0.1, -0.05) is 0 Å². The summed E-state index contributed by atoms with van der Waals surface area (Å²) in [7, 11) is -0.502. The molecule has 0 aromatic rings. The molecule has 0 bridgehead atoms. The van der Waals surface area contributed by atoms with E-state index in [0.29, 0.717) is 0 Å². The fourth-order valence-electron chi connectivity index (χ4n) is 1.69. The lowest BCUT2D eigenvalue weighted by molar-refractivity contribution is -0.136. The van der Waals surface area contributed by atoms with Crippen molar-refractivity contribution in [2.45, 2.75) is 41.5 Å².